The number of hydrogen-bond acceptors (Lipinski definition) is 3. The molecule has 2 N–H and O–H groups in total. The molecule has 2 aromatic rings. The van der Waals surface area contributed by atoms with E-state index in [2.05, 4.69) is 34.9 Å². The van der Waals surface area contributed by atoms with Crippen LogP contribution in [0.3, 0.4) is 0 Å². The van der Waals surface area contributed by atoms with Crippen molar-refractivity contribution in [3.63, 3.8) is 0 Å². The van der Waals surface area contributed by atoms with Crippen LogP contribution >= 0.6 is 12.2 Å². The van der Waals surface area contributed by atoms with Crippen LogP contribution in [0.1, 0.15) is 18.1 Å². The van der Waals surface area contributed by atoms with E-state index in [9.17, 15) is 0 Å². The molecular formula is C17H19N3OS. The zero-order valence-electron chi connectivity index (χ0n) is 12.9. The van der Waals surface area contributed by atoms with Crippen molar-refractivity contribution in [1.82, 2.24) is 5.43 Å². The number of ether oxygens (including phenoxy) is 1. The second-order valence-electron chi connectivity index (χ2n) is 4.83. The van der Waals surface area contributed by atoms with E-state index in [4.69, 9.17) is 17.0 Å². The predicted molar refractivity (Wildman–Crippen MR) is 95.7 cm³/mol. The van der Waals surface area contributed by atoms with Gasteiger partial charge in [-0.3, -0.25) is 5.43 Å². The lowest BCUT2D eigenvalue weighted by Gasteiger charge is -2.11. The van der Waals surface area contributed by atoms with Gasteiger partial charge in [-0.2, -0.15) is 5.10 Å². The summed E-state index contributed by atoms with van der Waals surface area (Å²) in [6, 6.07) is 15.8. The van der Waals surface area contributed by atoms with Gasteiger partial charge in [0.25, 0.3) is 0 Å². The quantitative estimate of drug-likeness (QED) is 0.513. The number of thiocarbonyl (C=S) groups is 1. The first kappa shape index (κ1) is 16.0. The lowest BCUT2D eigenvalue weighted by molar-refractivity contribution is 0.417. The molecule has 0 heterocycles. The van der Waals surface area contributed by atoms with Gasteiger partial charge in [-0.05, 0) is 43.8 Å². The van der Waals surface area contributed by atoms with Gasteiger partial charge >= 0.3 is 0 Å². The zero-order valence-corrected chi connectivity index (χ0v) is 13.7. The van der Waals surface area contributed by atoms with Crippen LogP contribution in [0, 0.1) is 6.92 Å². The van der Waals surface area contributed by atoms with E-state index in [-0.39, 0.29) is 0 Å². The highest BCUT2D eigenvalue weighted by Gasteiger charge is 2.03. The number of anilines is 1. The Labute approximate surface area is 136 Å². The molecule has 0 aliphatic rings. The van der Waals surface area contributed by atoms with E-state index >= 15 is 0 Å². The number of hydrogen-bond donors (Lipinski definition) is 2. The maximum Gasteiger partial charge on any atom is 0.191 e. The van der Waals surface area contributed by atoms with Gasteiger partial charge in [0.15, 0.2) is 5.11 Å². The maximum absolute atomic E-state index is 5.27. The molecule has 2 aromatic carbocycles. The van der Waals surface area contributed by atoms with Crippen molar-refractivity contribution in [3.8, 4) is 5.75 Å². The van der Waals surface area contributed by atoms with E-state index < -0.39 is 0 Å². The Hall–Kier alpha value is -2.40. The normalized spacial score (nSPS) is 11.0. The highest BCUT2D eigenvalue weighted by Crippen LogP contribution is 2.22. The van der Waals surface area contributed by atoms with Gasteiger partial charge in [-0.15, -0.1) is 0 Å². The first-order valence-electron chi connectivity index (χ1n) is 6.91. The smallest absolute Gasteiger partial charge is 0.191 e. The third-order valence-electron chi connectivity index (χ3n) is 3.15. The van der Waals surface area contributed by atoms with Crippen LogP contribution in [0.4, 0.5) is 5.69 Å². The molecule has 5 heteroatoms. The van der Waals surface area contributed by atoms with E-state index in [1.807, 2.05) is 43.3 Å². The highest BCUT2D eigenvalue weighted by molar-refractivity contribution is 7.80. The molecule has 114 valence electrons. The molecule has 0 bridgehead atoms. The molecule has 2 rings (SSSR count). The number of aryl methyl sites for hydroxylation is 1. The minimum atomic E-state index is 0.413. The van der Waals surface area contributed by atoms with Crippen molar-refractivity contribution < 1.29 is 4.74 Å². The first-order valence-corrected chi connectivity index (χ1v) is 7.32. The van der Waals surface area contributed by atoms with Crippen LogP contribution < -0.4 is 15.5 Å². The Bertz CT molecular complexity index is 681. The lowest BCUT2D eigenvalue weighted by atomic mass is 10.1. The van der Waals surface area contributed by atoms with Crippen molar-refractivity contribution in [1.29, 1.82) is 0 Å². The second kappa shape index (κ2) is 7.56. The highest BCUT2D eigenvalue weighted by atomic mass is 32.1. The minimum absolute atomic E-state index is 0.413. The van der Waals surface area contributed by atoms with Gasteiger partial charge in [-0.1, -0.05) is 42.0 Å². The molecule has 0 aromatic heterocycles. The summed E-state index contributed by atoms with van der Waals surface area (Å²) in [7, 11) is 1.62. The van der Waals surface area contributed by atoms with Crippen LogP contribution in [-0.4, -0.2) is 17.9 Å². The molecule has 0 saturated heterocycles. The van der Waals surface area contributed by atoms with E-state index in [0.29, 0.717) is 5.11 Å². The summed E-state index contributed by atoms with van der Waals surface area (Å²) in [6.07, 6.45) is 0. The van der Waals surface area contributed by atoms with Gasteiger partial charge < -0.3 is 10.1 Å². The van der Waals surface area contributed by atoms with E-state index in [1.54, 1.807) is 7.11 Å². The van der Waals surface area contributed by atoms with E-state index in [0.717, 1.165) is 22.7 Å². The number of para-hydroxylation sites is 2. The van der Waals surface area contributed by atoms with Gasteiger partial charge in [0.05, 0.1) is 18.5 Å². The molecule has 4 nitrogen and oxygen atoms in total. The van der Waals surface area contributed by atoms with Gasteiger partial charge in [0.2, 0.25) is 0 Å². The Morgan fingerprint density at radius 3 is 2.45 bits per heavy atom. The van der Waals surface area contributed by atoms with Crippen molar-refractivity contribution in [2.24, 2.45) is 5.10 Å². The van der Waals surface area contributed by atoms with Crippen molar-refractivity contribution in [3.05, 3.63) is 59.7 Å². The minimum Gasteiger partial charge on any atom is -0.495 e. The molecule has 22 heavy (non-hydrogen) atoms. The molecule has 0 amide bonds. The molecule has 0 aliphatic heterocycles. The summed E-state index contributed by atoms with van der Waals surface area (Å²) in [4.78, 5) is 0. The third kappa shape index (κ3) is 4.30. The van der Waals surface area contributed by atoms with Gasteiger partial charge in [-0.25, -0.2) is 0 Å². The zero-order chi connectivity index (χ0) is 15.9. The predicted octanol–water partition coefficient (Wildman–Crippen LogP) is 3.71. The molecular weight excluding hydrogens is 294 g/mol. The fourth-order valence-electron chi connectivity index (χ4n) is 1.89. The van der Waals surface area contributed by atoms with Crippen LogP contribution in [0.5, 0.6) is 5.75 Å². The Morgan fingerprint density at radius 1 is 1.09 bits per heavy atom. The molecule has 0 fully saturated rings. The molecule has 0 aliphatic carbocycles. The average Bonchev–Trinajstić information content (AvgIpc) is 2.54. The standard InChI is InChI=1S/C17H19N3OS/c1-12-8-10-14(11-9-12)13(2)19-20-17(22)18-15-6-4-5-7-16(15)21-3/h4-11H,1-3H3,(H2,18,20,22)/b19-13-. The van der Waals surface area contributed by atoms with Gasteiger partial charge in [0, 0.05) is 0 Å². The van der Waals surface area contributed by atoms with Crippen molar-refractivity contribution >= 4 is 28.7 Å². The Kier molecular flexibility index (Phi) is 5.49. The number of methoxy groups -OCH3 is 1. The molecule has 0 unspecified atom stereocenters. The first-order chi connectivity index (χ1) is 10.6. The third-order valence-corrected chi connectivity index (χ3v) is 3.34. The van der Waals surface area contributed by atoms with Crippen molar-refractivity contribution in [2.45, 2.75) is 13.8 Å². The fraction of sp³-hybridized carbons (Fsp3) is 0.176. The molecule has 0 saturated carbocycles. The Morgan fingerprint density at radius 2 is 1.77 bits per heavy atom. The summed E-state index contributed by atoms with van der Waals surface area (Å²) in [5.74, 6) is 0.728. The largest absolute Gasteiger partial charge is 0.495 e. The monoisotopic (exact) mass is 313 g/mol. The molecule has 0 radical (unpaired) electrons. The SMILES string of the molecule is COc1ccccc1NC(=S)N/N=C(/C)c1ccc(C)cc1. The summed E-state index contributed by atoms with van der Waals surface area (Å²) < 4.78 is 5.27. The molecule has 0 atom stereocenters. The number of benzene rings is 2. The fourth-order valence-corrected chi connectivity index (χ4v) is 2.05. The summed E-state index contributed by atoms with van der Waals surface area (Å²) in [6.45, 7) is 3.99. The van der Waals surface area contributed by atoms with Gasteiger partial charge in [0.1, 0.15) is 5.75 Å². The van der Waals surface area contributed by atoms with Crippen LogP contribution in [-0.2, 0) is 0 Å². The van der Waals surface area contributed by atoms with Crippen LogP contribution in [0.2, 0.25) is 0 Å². The Balaban J connectivity index is 2.00. The van der Waals surface area contributed by atoms with Crippen LogP contribution in [0.25, 0.3) is 0 Å². The summed E-state index contributed by atoms with van der Waals surface area (Å²) in [5, 5.41) is 7.78. The van der Waals surface area contributed by atoms with Crippen LogP contribution in [0.15, 0.2) is 53.6 Å². The number of nitrogens with one attached hydrogen (secondary N) is 2. The summed E-state index contributed by atoms with van der Waals surface area (Å²) >= 11 is 5.25. The summed E-state index contributed by atoms with van der Waals surface area (Å²) in [5.41, 5.74) is 6.78. The van der Waals surface area contributed by atoms with Crippen molar-refractivity contribution in [2.75, 3.05) is 12.4 Å². The number of rotatable bonds is 4. The number of hydrazone groups is 1. The average molecular weight is 313 g/mol. The van der Waals surface area contributed by atoms with E-state index in [1.165, 1.54) is 5.56 Å². The maximum atomic E-state index is 5.27. The molecule has 0 spiro atoms. The lowest BCUT2D eigenvalue weighted by Crippen LogP contribution is -2.25. The topological polar surface area (TPSA) is 45.6 Å². The second-order valence-corrected chi connectivity index (χ2v) is 5.24. The number of nitrogens with zero attached hydrogens (tertiary/aromatic N) is 1.